The lowest BCUT2D eigenvalue weighted by atomic mass is 10.3. The van der Waals surface area contributed by atoms with Gasteiger partial charge in [-0.25, -0.2) is 0 Å². The van der Waals surface area contributed by atoms with E-state index in [9.17, 15) is 9.59 Å². The molecule has 0 saturated carbocycles. The molecule has 0 aromatic heterocycles. The third-order valence-corrected chi connectivity index (χ3v) is 3.52. The minimum atomic E-state index is -0.114. The molecular formula is C12H25N3O2S. The fourth-order valence-corrected chi connectivity index (χ4v) is 2.04. The van der Waals surface area contributed by atoms with Crippen LogP contribution < -0.4 is 11.1 Å². The first-order valence-corrected chi connectivity index (χ1v) is 7.34. The lowest BCUT2D eigenvalue weighted by Crippen LogP contribution is -2.43. The van der Waals surface area contributed by atoms with Gasteiger partial charge in [0, 0.05) is 24.4 Å². The van der Waals surface area contributed by atoms with Gasteiger partial charge in [0.15, 0.2) is 0 Å². The summed E-state index contributed by atoms with van der Waals surface area (Å²) in [6, 6.07) is 0.0953. The van der Waals surface area contributed by atoms with Crippen LogP contribution in [-0.4, -0.2) is 53.4 Å². The van der Waals surface area contributed by atoms with Crippen molar-refractivity contribution in [1.82, 2.24) is 10.2 Å². The van der Waals surface area contributed by atoms with E-state index in [1.54, 1.807) is 4.90 Å². The highest BCUT2D eigenvalue weighted by Gasteiger charge is 2.16. The number of hydrogen-bond acceptors (Lipinski definition) is 4. The van der Waals surface area contributed by atoms with Crippen molar-refractivity contribution in [3.05, 3.63) is 0 Å². The number of nitrogens with two attached hydrogens (primary N) is 1. The van der Waals surface area contributed by atoms with Crippen LogP contribution in [0.2, 0.25) is 0 Å². The minimum absolute atomic E-state index is 0.0123. The molecule has 0 heterocycles. The molecule has 0 aliphatic heterocycles. The Hall–Kier alpha value is -0.750. The largest absolute Gasteiger partial charge is 0.352 e. The minimum Gasteiger partial charge on any atom is -0.352 e. The van der Waals surface area contributed by atoms with E-state index in [1.165, 1.54) is 11.8 Å². The van der Waals surface area contributed by atoms with Gasteiger partial charge in [0.2, 0.25) is 11.8 Å². The summed E-state index contributed by atoms with van der Waals surface area (Å²) in [5.41, 5.74) is 5.49. The van der Waals surface area contributed by atoms with Crippen LogP contribution in [0.25, 0.3) is 0 Å². The highest BCUT2D eigenvalue weighted by Crippen LogP contribution is 2.09. The van der Waals surface area contributed by atoms with Crippen molar-refractivity contribution in [2.45, 2.75) is 39.0 Å². The molecule has 2 amide bonds. The highest BCUT2D eigenvalue weighted by molar-refractivity contribution is 8.00. The van der Waals surface area contributed by atoms with E-state index >= 15 is 0 Å². The molecule has 0 saturated heterocycles. The lowest BCUT2D eigenvalue weighted by Gasteiger charge is -2.21. The van der Waals surface area contributed by atoms with E-state index < -0.39 is 0 Å². The average Bonchev–Trinajstić information content (AvgIpc) is 2.31. The Kier molecular flexibility index (Phi) is 8.83. The molecule has 0 aromatic carbocycles. The molecule has 0 rings (SSSR count). The molecule has 6 heteroatoms. The Bertz CT molecular complexity index is 272. The molecule has 0 fully saturated rings. The van der Waals surface area contributed by atoms with E-state index in [4.69, 9.17) is 5.73 Å². The average molecular weight is 275 g/mol. The Morgan fingerprint density at radius 3 is 2.39 bits per heavy atom. The number of rotatable bonds is 8. The third-order valence-electron chi connectivity index (χ3n) is 2.34. The quantitative estimate of drug-likeness (QED) is 0.674. The summed E-state index contributed by atoms with van der Waals surface area (Å²) in [6.07, 6.45) is 0. The first-order chi connectivity index (χ1) is 8.40. The lowest BCUT2D eigenvalue weighted by molar-refractivity contribution is -0.134. The number of nitrogens with one attached hydrogen (secondary N) is 1. The highest BCUT2D eigenvalue weighted by atomic mass is 32.2. The summed E-state index contributed by atoms with van der Waals surface area (Å²) < 4.78 is 0. The van der Waals surface area contributed by atoms with Gasteiger partial charge in [-0.1, -0.05) is 6.92 Å². The van der Waals surface area contributed by atoms with Crippen molar-refractivity contribution in [1.29, 1.82) is 0 Å². The topological polar surface area (TPSA) is 75.4 Å². The van der Waals surface area contributed by atoms with Gasteiger partial charge >= 0.3 is 0 Å². The van der Waals surface area contributed by atoms with Gasteiger partial charge in [0.25, 0.3) is 0 Å². The molecule has 0 bridgehead atoms. The fraction of sp³-hybridized carbons (Fsp3) is 0.833. The van der Waals surface area contributed by atoms with Crippen LogP contribution in [0.5, 0.6) is 0 Å². The summed E-state index contributed by atoms with van der Waals surface area (Å²) in [5.74, 6) is 0.250. The Morgan fingerprint density at radius 2 is 1.94 bits per heavy atom. The van der Waals surface area contributed by atoms with Crippen LogP contribution in [0.1, 0.15) is 27.7 Å². The second-order valence-electron chi connectivity index (χ2n) is 4.49. The number of likely N-dealkylation sites (N-methyl/N-ethyl adjacent to an activating group) is 1. The predicted molar refractivity (Wildman–Crippen MR) is 76.5 cm³/mol. The Morgan fingerprint density at radius 1 is 1.33 bits per heavy atom. The molecule has 18 heavy (non-hydrogen) atoms. The van der Waals surface area contributed by atoms with Crippen molar-refractivity contribution < 1.29 is 9.59 Å². The number of hydrogen-bond donors (Lipinski definition) is 2. The van der Waals surface area contributed by atoms with Gasteiger partial charge in [0.05, 0.1) is 12.3 Å². The first kappa shape index (κ1) is 17.2. The standard InChI is InChI=1S/C12H25N3O2S/c1-5-15(7-11(16)14-9(2)3)12(17)8-18-10(4)6-13/h9-10H,5-8,13H2,1-4H3,(H,14,16). The third kappa shape index (κ3) is 7.55. The molecular weight excluding hydrogens is 250 g/mol. The zero-order chi connectivity index (χ0) is 14.1. The Labute approximate surface area is 114 Å². The van der Waals surface area contributed by atoms with Crippen LogP contribution in [0.4, 0.5) is 0 Å². The van der Waals surface area contributed by atoms with Crippen molar-refractivity contribution in [3.63, 3.8) is 0 Å². The predicted octanol–water partition coefficient (Wildman–Crippen LogP) is 0.440. The summed E-state index contributed by atoms with van der Waals surface area (Å²) in [6.45, 7) is 8.88. The van der Waals surface area contributed by atoms with Crippen LogP contribution in [0, 0.1) is 0 Å². The zero-order valence-corrected chi connectivity index (χ0v) is 12.5. The monoisotopic (exact) mass is 275 g/mol. The maximum atomic E-state index is 11.9. The molecule has 0 radical (unpaired) electrons. The van der Waals surface area contributed by atoms with E-state index in [1.807, 2.05) is 27.7 Å². The van der Waals surface area contributed by atoms with Gasteiger partial charge in [-0.3, -0.25) is 9.59 Å². The second-order valence-corrected chi connectivity index (χ2v) is 5.91. The molecule has 0 aromatic rings. The summed E-state index contributed by atoms with van der Waals surface area (Å²) in [4.78, 5) is 25.1. The summed E-state index contributed by atoms with van der Waals surface area (Å²) >= 11 is 1.52. The number of carbonyl (C=O) groups is 2. The first-order valence-electron chi connectivity index (χ1n) is 6.29. The smallest absolute Gasteiger partial charge is 0.239 e. The van der Waals surface area contributed by atoms with Crippen LogP contribution in [0.3, 0.4) is 0 Å². The molecule has 5 nitrogen and oxygen atoms in total. The van der Waals surface area contributed by atoms with Crippen molar-refractivity contribution >= 4 is 23.6 Å². The van der Waals surface area contributed by atoms with Crippen LogP contribution in [-0.2, 0) is 9.59 Å². The second kappa shape index (κ2) is 9.22. The normalized spacial score (nSPS) is 12.3. The van der Waals surface area contributed by atoms with E-state index in [0.29, 0.717) is 18.8 Å². The van der Waals surface area contributed by atoms with Crippen LogP contribution >= 0.6 is 11.8 Å². The molecule has 3 N–H and O–H groups in total. The molecule has 0 spiro atoms. The van der Waals surface area contributed by atoms with Crippen molar-refractivity contribution in [2.75, 3.05) is 25.4 Å². The van der Waals surface area contributed by atoms with Crippen molar-refractivity contribution in [3.8, 4) is 0 Å². The SMILES string of the molecule is CCN(CC(=O)NC(C)C)C(=O)CSC(C)CN. The van der Waals surface area contributed by atoms with E-state index in [2.05, 4.69) is 5.32 Å². The number of nitrogens with zero attached hydrogens (tertiary/aromatic N) is 1. The molecule has 0 aliphatic rings. The molecule has 1 unspecified atom stereocenters. The number of amides is 2. The molecule has 1 atom stereocenters. The van der Waals surface area contributed by atoms with Gasteiger partial charge in [-0.15, -0.1) is 11.8 Å². The van der Waals surface area contributed by atoms with Gasteiger partial charge in [-0.05, 0) is 20.8 Å². The number of carbonyl (C=O) groups excluding carboxylic acids is 2. The number of thioether (sulfide) groups is 1. The fourth-order valence-electron chi connectivity index (χ4n) is 1.29. The van der Waals surface area contributed by atoms with Gasteiger partial charge in [0.1, 0.15) is 0 Å². The van der Waals surface area contributed by atoms with Crippen LogP contribution in [0.15, 0.2) is 0 Å². The maximum Gasteiger partial charge on any atom is 0.239 e. The van der Waals surface area contributed by atoms with Gasteiger partial charge in [-0.2, -0.15) is 0 Å². The van der Waals surface area contributed by atoms with E-state index in [-0.39, 0.29) is 29.7 Å². The molecule has 0 aliphatic carbocycles. The summed E-state index contributed by atoms with van der Waals surface area (Å²) in [7, 11) is 0. The zero-order valence-electron chi connectivity index (χ0n) is 11.7. The maximum absolute atomic E-state index is 11.9. The molecule has 106 valence electrons. The Balaban J connectivity index is 4.15. The van der Waals surface area contributed by atoms with E-state index in [0.717, 1.165) is 0 Å². The summed E-state index contributed by atoms with van der Waals surface area (Å²) in [5, 5.41) is 3.04. The van der Waals surface area contributed by atoms with Gasteiger partial charge < -0.3 is 16.0 Å². The van der Waals surface area contributed by atoms with Crippen molar-refractivity contribution in [2.24, 2.45) is 5.73 Å².